The van der Waals surface area contributed by atoms with Crippen molar-refractivity contribution in [3.8, 4) is 0 Å². The molecule has 20 heavy (non-hydrogen) atoms. The Morgan fingerprint density at radius 3 is 2.80 bits per heavy atom. The van der Waals surface area contributed by atoms with Gasteiger partial charge >= 0.3 is 0 Å². The second-order valence-electron chi connectivity index (χ2n) is 4.61. The van der Waals surface area contributed by atoms with Crippen LogP contribution >= 0.6 is 0 Å². The molecule has 1 saturated heterocycles. The zero-order chi connectivity index (χ0) is 14.8. The molecule has 1 heterocycles. The number of benzene rings is 1. The Kier molecular flexibility index (Phi) is 4.36. The Morgan fingerprint density at radius 2 is 2.25 bits per heavy atom. The second kappa shape index (κ2) is 5.86. The smallest absolute Gasteiger partial charge is 0.270 e. The average Bonchev–Trinajstić information content (AvgIpc) is 2.93. The minimum Gasteiger partial charge on any atom is -0.315 e. The van der Waals surface area contributed by atoms with Crippen LogP contribution in [-0.2, 0) is 10.0 Å². The van der Waals surface area contributed by atoms with Crippen molar-refractivity contribution in [2.24, 2.45) is 0 Å². The fourth-order valence-corrected chi connectivity index (χ4v) is 4.11. The van der Waals surface area contributed by atoms with Crippen molar-refractivity contribution < 1.29 is 13.3 Å². The van der Waals surface area contributed by atoms with Gasteiger partial charge in [0.1, 0.15) is 0 Å². The minimum absolute atomic E-state index is 0.0274. The van der Waals surface area contributed by atoms with Gasteiger partial charge in [-0.1, -0.05) is 13.0 Å². The van der Waals surface area contributed by atoms with Crippen LogP contribution in [0.15, 0.2) is 29.2 Å². The van der Waals surface area contributed by atoms with E-state index in [0.29, 0.717) is 13.1 Å². The quantitative estimate of drug-likeness (QED) is 0.646. The molecule has 0 amide bonds. The van der Waals surface area contributed by atoms with Crippen LogP contribution in [0.1, 0.15) is 13.3 Å². The fourth-order valence-electron chi connectivity index (χ4n) is 2.40. The predicted molar refractivity (Wildman–Crippen MR) is 73.9 cm³/mol. The van der Waals surface area contributed by atoms with E-state index in [1.807, 2.05) is 0 Å². The highest BCUT2D eigenvalue weighted by atomic mass is 32.2. The molecule has 1 N–H and O–H groups in total. The van der Waals surface area contributed by atoms with Crippen LogP contribution < -0.4 is 5.32 Å². The molecule has 0 aliphatic carbocycles. The number of hydrogen-bond acceptors (Lipinski definition) is 5. The van der Waals surface area contributed by atoms with E-state index >= 15 is 0 Å². The summed E-state index contributed by atoms with van der Waals surface area (Å²) >= 11 is 0. The maximum absolute atomic E-state index is 12.6. The Morgan fingerprint density at radius 1 is 1.50 bits per heavy atom. The van der Waals surface area contributed by atoms with Crippen molar-refractivity contribution >= 4 is 15.7 Å². The van der Waals surface area contributed by atoms with E-state index in [-0.39, 0.29) is 16.6 Å². The molecule has 0 saturated carbocycles. The number of nitro benzene ring substituents is 1. The van der Waals surface area contributed by atoms with Crippen LogP contribution in [0.25, 0.3) is 0 Å². The summed E-state index contributed by atoms with van der Waals surface area (Å²) in [6.45, 7) is 3.51. The molecule has 2 rings (SSSR count). The molecule has 0 spiro atoms. The zero-order valence-corrected chi connectivity index (χ0v) is 12.0. The van der Waals surface area contributed by atoms with Gasteiger partial charge in [0.15, 0.2) is 0 Å². The third kappa shape index (κ3) is 2.82. The van der Waals surface area contributed by atoms with Crippen LogP contribution in [0.2, 0.25) is 0 Å². The van der Waals surface area contributed by atoms with E-state index in [0.717, 1.165) is 19.0 Å². The average molecular weight is 299 g/mol. The summed E-state index contributed by atoms with van der Waals surface area (Å²) in [5.74, 6) is 0. The molecule has 0 radical (unpaired) electrons. The summed E-state index contributed by atoms with van der Waals surface area (Å²) in [4.78, 5) is 10.1. The summed E-state index contributed by atoms with van der Waals surface area (Å²) < 4.78 is 26.6. The van der Waals surface area contributed by atoms with Crippen molar-refractivity contribution in [1.29, 1.82) is 0 Å². The van der Waals surface area contributed by atoms with Crippen molar-refractivity contribution in [1.82, 2.24) is 9.62 Å². The maximum Gasteiger partial charge on any atom is 0.270 e. The standard InChI is InChI=1S/C12H17N3O4S/c1-2-14(11-6-7-13-9-11)20(18,19)12-5-3-4-10(8-12)15(16)17/h3-5,8,11,13H,2,6-7,9H2,1H3. The van der Waals surface area contributed by atoms with Crippen molar-refractivity contribution in [3.05, 3.63) is 34.4 Å². The summed E-state index contributed by atoms with van der Waals surface area (Å²) in [7, 11) is -3.70. The zero-order valence-electron chi connectivity index (χ0n) is 11.2. The monoisotopic (exact) mass is 299 g/mol. The van der Waals surface area contributed by atoms with Gasteiger partial charge < -0.3 is 5.32 Å². The van der Waals surface area contributed by atoms with Crippen LogP contribution in [0.5, 0.6) is 0 Å². The van der Waals surface area contributed by atoms with Gasteiger partial charge in [-0.05, 0) is 19.0 Å². The summed E-state index contributed by atoms with van der Waals surface area (Å²) in [6, 6.07) is 5.09. The molecule has 110 valence electrons. The molecule has 1 atom stereocenters. The molecule has 8 heteroatoms. The van der Waals surface area contributed by atoms with Crippen LogP contribution in [-0.4, -0.2) is 43.3 Å². The number of nitrogens with one attached hydrogen (secondary N) is 1. The van der Waals surface area contributed by atoms with Crippen molar-refractivity contribution in [3.63, 3.8) is 0 Å². The second-order valence-corrected chi connectivity index (χ2v) is 6.50. The number of non-ortho nitro benzene ring substituents is 1. The SMILES string of the molecule is CCN(C1CCNC1)S(=O)(=O)c1cccc([N+](=O)[O-])c1. The Balaban J connectivity index is 2.37. The Bertz CT molecular complexity index is 596. The highest BCUT2D eigenvalue weighted by Crippen LogP contribution is 2.23. The van der Waals surface area contributed by atoms with Crippen LogP contribution in [0.3, 0.4) is 0 Å². The minimum atomic E-state index is -3.70. The van der Waals surface area contributed by atoms with Gasteiger partial charge in [-0.15, -0.1) is 0 Å². The van der Waals surface area contributed by atoms with E-state index < -0.39 is 14.9 Å². The first-order valence-electron chi connectivity index (χ1n) is 6.44. The third-order valence-corrected chi connectivity index (χ3v) is 5.41. The van der Waals surface area contributed by atoms with E-state index in [1.54, 1.807) is 6.92 Å². The van der Waals surface area contributed by atoms with Crippen LogP contribution in [0.4, 0.5) is 5.69 Å². The number of hydrogen-bond donors (Lipinski definition) is 1. The molecular formula is C12H17N3O4S. The molecule has 1 aliphatic rings. The number of nitrogens with zero attached hydrogens (tertiary/aromatic N) is 2. The lowest BCUT2D eigenvalue weighted by molar-refractivity contribution is -0.385. The number of nitro groups is 1. The van der Waals surface area contributed by atoms with E-state index in [9.17, 15) is 18.5 Å². The molecule has 1 unspecified atom stereocenters. The van der Waals surface area contributed by atoms with Gasteiger partial charge in [0, 0.05) is 31.3 Å². The lowest BCUT2D eigenvalue weighted by atomic mass is 10.3. The molecule has 7 nitrogen and oxygen atoms in total. The fraction of sp³-hybridized carbons (Fsp3) is 0.500. The molecule has 0 aromatic heterocycles. The summed E-state index contributed by atoms with van der Waals surface area (Å²) in [5.41, 5.74) is -0.216. The van der Waals surface area contributed by atoms with Crippen LogP contribution in [0, 0.1) is 10.1 Å². The van der Waals surface area contributed by atoms with Gasteiger partial charge in [0.25, 0.3) is 5.69 Å². The van der Waals surface area contributed by atoms with Gasteiger partial charge in [-0.25, -0.2) is 8.42 Å². The van der Waals surface area contributed by atoms with Gasteiger partial charge in [-0.2, -0.15) is 4.31 Å². The maximum atomic E-state index is 12.6. The van der Waals surface area contributed by atoms with E-state index in [1.165, 1.54) is 22.5 Å². The predicted octanol–water partition coefficient (Wildman–Crippen LogP) is 0.967. The first kappa shape index (κ1) is 14.9. The Hall–Kier alpha value is -1.51. The Labute approximate surface area is 117 Å². The summed E-state index contributed by atoms with van der Waals surface area (Å²) in [6.07, 6.45) is 0.752. The van der Waals surface area contributed by atoms with Crippen molar-refractivity contribution in [2.45, 2.75) is 24.3 Å². The van der Waals surface area contributed by atoms with Crippen molar-refractivity contribution in [2.75, 3.05) is 19.6 Å². The first-order chi connectivity index (χ1) is 9.46. The molecule has 1 aromatic rings. The largest absolute Gasteiger partial charge is 0.315 e. The first-order valence-corrected chi connectivity index (χ1v) is 7.88. The van der Waals surface area contributed by atoms with Gasteiger partial charge in [-0.3, -0.25) is 10.1 Å². The normalized spacial score (nSPS) is 19.4. The molecular weight excluding hydrogens is 282 g/mol. The van der Waals surface area contributed by atoms with Gasteiger partial charge in [0.2, 0.25) is 10.0 Å². The molecule has 1 aliphatic heterocycles. The van der Waals surface area contributed by atoms with E-state index in [4.69, 9.17) is 0 Å². The molecule has 1 aromatic carbocycles. The summed E-state index contributed by atoms with van der Waals surface area (Å²) in [5, 5.41) is 13.9. The van der Waals surface area contributed by atoms with E-state index in [2.05, 4.69) is 5.32 Å². The third-order valence-electron chi connectivity index (χ3n) is 3.39. The molecule has 0 bridgehead atoms. The number of sulfonamides is 1. The lowest BCUT2D eigenvalue weighted by Gasteiger charge is -2.26. The highest BCUT2D eigenvalue weighted by Gasteiger charge is 2.32. The number of rotatable bonds is 5. The molecule has 1 fully saturated rings. The number of likely N-dealkylation sites (N-methyl/N-ethyl adjacent to an activating group) is 1. The highest BCUT2D eigenvalue weighted by molar-refractivity contribution is 7.89. The lowest BCUT2D eigenvalue weighted by Crippen LogP contribution is -2.41. The topological polar surface area (TPSA) is 92.6 Å². The van der Waals surface area contributed by atoms with Gasteiger partial charge in [0.05, 0.1) is 9.82 Å².